The van der Waals surface area contributed by atoms with Crippen molar-refractivity contribution in [2.24, 2.45) is 11.3 Å². The van der Waals surface area contributed by atoms with E-state index in [1.165, 1.54) is 29.0 Å². The topological polar surface area (TPSA) is 49.3 Å². The Morgan fingerprint density at radius 1 is 1.41 bits per heavy atom. The number of hydrogen-bond donors (Lipinski definition) is 2. The molecule has 0 saturated heterocycles. The van der Waals surface area contributed by atoms with Crippen molar-refractivity contribution in [3.05, 3.63) is 20.9 Å². The van der Waals surface area contributed by atoms with Crippen LogP contribution in [0.2, 0.25) is 0 Å². The fourth-order valence-electron chi connectivity index (χ4n) is 4.33. The van der Waals surface area contributed by atoms with Gasteiger partial charge in [0.1, 0.15) is 0 Å². The Bertz CT molecular complexity index is 576. The molecule has 122 valence electrons. The second kappa shape index (κ2) is 5.97. The highest BCUT2D eigenvalue weighted by atomic mass is 32.1. The largest absolute Gasteiger partial charge is 0.478 e. The van der Waals surface area contributed by atoms with Crippen LogP contribution in [0.5, 0.6) is 0 Å². The molecule has 2 atom stereocenters. The number of carboxylic acid groups (broad SMARTS) is 1. The van der Waals surface area contributed by atoms with Gasteiger partial charge in [-0.1, -0.05) is 20.3 Å². The number of carbonyl (C=O) groups is 1. The number of hydrogen-bond acceptors (Lipinski definition) is 3. The highest BCUT2D eigenvalue weighted by molar-refractivity contribution is 7.12. The van der Waals surface area contributed by atoms with E-state index in [1.54, 1.807) is 0 Å². The maximum atomic E-state index is 12.0. The molecule has 2 aliphatic carbocycles. The van der Waals surface area contributed by atoms with Crippen molar-refractivity contribution >= 4 is 17.3 Å². The minimum Gasteiger partial charge on any atom is -0.478 e. The van der Waals surface area contributed by atoms with Crippen LogP contribution in [-0.4, -0.2) is 24.7 Å². The summed E-state index contributed by atoms with van der Waals surface area (Å²) in [5.74, 6) is 0.328. The summed E-state index contributed by atoms with van der Waals surface area (Å²) in [7, 11) is 2.00. The number of fused-ring (bicyclic) bond motifs is 1. The summed E-state index contributed by atoms with van der Waals surface area (Å²) < 4.78 is 0. The standard InChI is InChI=1S/C18H27NO2S/c1-18(2)8-7-14-13(9-18)15(17(20)21)16(22-14)12-6-4-5-11(12)10-19-3/h11-12,19H,4-10H2,1-3H3,(H,20,21)/t11-,12?/m0/s1. The molecule has 0 amide bonds. The van der Waals surface area contributed by atoms with E-state index in [0.29, 0.717) is 17.4 Å². The fourth-order valence-corrected chi connectivity index (χ4v) is 5.87. The Labute approximate surface area is 137 Å². The van der Waals surface area contributed by atoms with Gasteiger partial charge in [-0.25, -0.2) is 4.79 Å². The molecule has 1 unspecified atom stereocenters. The normalized spacial score (nSPS) is 26.9. The third kappa shape index (κ3) is 2.83. The zero-order chi connectivity index (χ0) is 15.9. The summed E-state index contributed by atoms with van der Waals surface area (Å²) in [6, 6.07) is 0. The molecule has 1 saturated carbocycles. The summed E-state index contributed by atoms with van der Waals surface area (Å²) in [6.45, 7) is 5.52. The van der Waals surface area contributed by atoms with Crippen LogP contribution < -0.4 is 5.32 Å². The molecule has 3 nitrogen and oxygen atoms in total. The average molecular weight is 321 g/mol. The molecule has 2 N–H and O–H groups in total. The van der Waals surface area contributed by atoms with Crippen LogP contribution >= 0.6 is 11.3 Å². The quantitative estimate of drug-likeness (QED) is 0.879. The number of aryl methyl sites for hydroxylation is 1. The van der Waals surface area contributed by atoms with E-state index >= 15 is 0 Å². The van der Waals surface area contributed by atoms with E-state index in [2.05, 4.69) is 19.2 Å². The van der Waals surface area contributed by atoms with Gasteiger partial charge >= 0.3 is 5.97 Å². The van der Waals surface area contributed by atoms with Crippen LogP contribution in [0.4, 0.5) is 0 Å². The summed E-state index contributed by atoms with van der Waals surface area (Å²) in [6.07, 6.45) is 6.74. The van der Waals surface area contributed by atoms with Crippen LogP contribution in [0, 0.1) is 11.3 Å². The lowest BCUT2D eigenvalue weighted by molar-refractivity contribution is 0.0693. The van der Waals surface area contributed by atoms with E-state index in [4.69, 9.17) is 0 Å². The summed E-state index contributed by atoms with van der Waals surface area (Å²) in [5.41, 5.74) is 2.05. The monoisotopic (exact) mass is 321 g/mol. The highest BCUT2D eigenvalue weighted by Gasteiger charge is 2.37. The molecule has 0 radical (unpaired) electrons. The van der Waals surface area contributed by atoms with Crippen molar-refractivity contribution < 1.29 is 9.90 Å². The van der Waals surface area contributed by atoms with E-state index < -0.39 is 5.97 Å². The molecule has 0 aliphatic heterocycles. The first-order valence-corrected chi connectivity index (χ1v) is 9.27. The first-order valence-electron chi connectivity index (χ1n) is 8.45. The van der Waals surface area contributed by atoms with Gasteiger partial charge in [-0.15, -0.1) is 11.3 Å². The van der Waals surface area contributed by atoms with Gasteiger partial charge in [-0.3, -0.25) is 0 Å². The Kier molecular flexibility index (Phi) is 4.34. The van der Waals surface area contributed by atoms with E-state index in [1.807, 2.05) is 18.4 Å². The fraction of sp³-hybridized carbons (Fsp3) is 0.722. The molecule has 1 aromatic rings. The Hall–Kier alpha value is -0.870. The Morgan fingerprint density at radius 3 is 2.86 bits per heavy atom. The van der Waals surface area contributed by atoms with Crippen molar-refractivity contribution in [2.75, 3.05) is 13.6 Å². The van der Waals surface area contributed by atoms with Gasteiger partial charge in [-0.2, -0.15) is 0 Å². The van der Waals surface area contributed by atoms with Gasteiger partial charge in [0.25, 0.3) is 0 Å². The van der Waals surface area contributed by atoms with Crippen LogP contribution in [0.1, 0.15) is 71.1 Å². The molecule has 2 aliphatic rings. The Morgan fingerprint density at radius 2 is 2.18 bits per heavy atom. The molecular weight excluding hydrogens is 294 g/mol. The smallest absolute Gasteiger partial charge is 0.337 e. The Balaban J connectivity index is 2.02. The average Bonchev–Trinajstić information content (AvgIpc) is 3.01. The second-order valence-electron chi connectivity index (χ2n) is 7.74. The highest BCUT2D eigenvalue weighted by Crippen LogP contribution is 2.48. The van der Waals surface area contributed by atoms with Gasteiger partial charge in [-0.05, 0) is 68.5 Å². The lowest BCUT2D eigenvalue weighted by Gasteiger charge is -2.29. The lowest BCUT2D eigenvalue weighted by Crippen LogP contribution is -2.23. The van der Waals surface area contributed by atoms with Gasteiger partial charge in [0, 0.05) is 9.75 Å². The molecule has 4 heteroatoms. The molecular formula is C18H27NO2S. The second-order valence-corrected chi connectivity index (χ2v) is 8.88. The molecule has 3 rings (SSSR count). The van der Waals surface area contributed by atoms with Crippen LogP contribution in [0.15, 0.2) is 0 Å². The molecule has 1 aromatic heterocycles. The van der Waals surface area contributed by atoms with E-state index in [0.717, 1.165) is 31.4 Å². The third-order valence-corrected chi connectivity index (χ3v) is 6.90. The first-order chi connectivity index (χ1) is 10.4. The van der Waals surface area contributed by atoms with Gasteiger partial charge in [0.2, 0.25) is 0 Å². The lowest BCUT2D eigenvalue weighted by atomic mass is 9.75. The number of rotatable bonds is 4. The molecule has 1 heterocycles. The van der Waals surface area contributed by atoms with Gasteiger partial charge < -0.3 is 10.4 Å². The number of aromatic carboxylic acids is 1. The minimum atomic E-state index is -0.708. The van der Waals surface area contributed by atoms with Crippen molar-refractivity contribution in [3.63, 3.8) is 0 Å². The zero-order valence-electron chi connectivity index (χ0n) is 13.9. The minimum absolute atomic E-state index is 0.232. The summed E-state index contributed by atoms with van der Waals surface area (Å²) >= 11 is 1.81. The van der Waals surface area contributed by atoms with E-state index in [9.17, 15) is 9.90 Å². The zero-order valence-corrected chi connectivity index (χ0v) is 14.7. The van der Waals surface area contributed by atoms with Crippen LogP contribution in [-0.2, 0) is 12.8 Å². The molecule has 0 spiro atoms. The van der Waals surface area contributed by atoms with E-state index in [-0.39, 0.29) is 5.41 Å². The van der Waals surface area contributed by atoms with Crippen molar-refractivity contribution in [3.8, 4) is 0 Å². The number of nitrogens with one attached hydrogen (secondary N) is 1. The first kappa shape index (κ1) is 16.0. The van der Waals surface area contributed by atoms with Gasteiger partial charge in [0.05, 0.1) is 5.56 Å². The summed E-state index contributed by atoms with van der Waals surface area (Å²) in [4.78, 5) is 14.5. The molecule has 1 fully saturated rings. The van der Waals surface area contributed by atoms with Crippen LogP contribution in [0.25, 0.3) is 0 Å². The van der Waals surface area contributed by atoms with Crippen molar-refractivity contribution in [2.45, 2.75) is 58.3 Å². The molecule has 22 heavy (non-hydrogen) atoms. The van der Waals surface area contributed by atoms with Gasteiger partial charge in [0.15, 0.2) is 0 Å². The van der Waals surface area contributed by atoms with Crippen LogP contribution in [0.3, 0.4) is 0 Å². The third-order valence-electron chi connectivity index (χ3n) is 5.48. The van der Waals surface area contributed by atoms with Crippen molar-refractivity contribution in [1.29, 1.82) is 0 Å². The predicted octanol–water partition coefficient (Wildman–Crippen LogP) is 4.06. The predicted molar refractivity (Wildman–Crippen MR) is 91.1 cm³/mol. The maximum Gasteiger partial charge on any atom is 0.337 e. The molecule has 0 aromatic carbocycles. The maximum absolute atomic E-state index is 12.0. The number of carboxylic acids is 1. The molecule has 0 bridgehead atoms. The van der Waals surface area contributed by atoms with Crippen molar-refractivity contribution in [1.82, 2.24) is 5.32 Å². The summed E-state index contributed by atoms with van der Waals surface area (Å²) in [5, 5.41) is 13.1. The number of thiophene rings is 1. The SMILES string of the molecule is CNC[C@@H]1CCCC1c1sc2c(c1C(=O)O)CC(C)(C)CC2.